The van der Waals surface area contributed by atoms with Gasteiger partial charge >= 0.3 is 0 Å². The van der Waals surface area contributed by atoms with Gasteiger partial charge in [-0.25, -0.2) is 0 Å². The number of rotatable bonds is 6. The second-order valence-electron chi connectivity index (χ2n) is 7.15. The zero-order valence-electron chi connectivity index (χ0n) is 15.3. The number of Topliss-reactive ketones (excluding diaryl/α,β-unsaturated/α-hetero) is 1. The summed E-state index contributed by atoms with van der Waals surface area (Å²) in [5.41, 5.74) is 3.87. The molecule has 4 heteroatoms. The number of aromatic nitrogens is 1. The number of ketones is 1. The second-order valence-corrected chi connectivity index (χ2v) is 7.15. The van der Waals surface area contributed by atoms with Crippen LogP contribution in [-0.2, 0) is 6.54 Å². The molecule has 1 aromatic carbocycles. The van der Waals surface area contributed by atoms with Crippen molar-refractivity contribution in [2.24, 2.45) is 5.92 Å². The zero-order chi connectivity index (χ0) is 18.0. The van der Waals surface area contributed by atoms with Crippen molar-refractivity contribution in [1.29, 1.82) is 0 Å². The molecule has 0 radical (unpaired) electrons. The molecular weight excluding hydrogens is 312 g/mol. The molecule has 0 spiro atoms. The Hall–Kier alpha value is -2.36. The monoisotopic (exact) mass is 338 g/mol. The average Bonchev–Trinajstić information content (AvgIpc) is 2.84. The van der Waals surface area contributed by atoms with Crippen LogP contribution in [0.4, 0.5) is 0 Å². The number of hydrogen-bond donors (Lipinski definition) is 1. The van der Waals surface area contributed by atoms with Gasteiger partial charge < -0.3 is 9.88 Å². The number of carbonyl (C=O) groups excluding carboxylic acids is 2. The van der Waals surface area contributed by atoms with Crippen LogP contribution in [0.3, 0.4) is 0 Å². The molecule has 1 saturated carbocycles. The van der Waals surface area contributed by atoms with E-state index < -0.39 is 0 Å². The zero-order valence-corrected chi connectivity index (χ0v) is 15.3. The maximum Gasteiger partial charge on any atom is 0.270 e. The summed E-state index contributed by atoms with van der Waals surface area (Å²) < 4.78 is 0. The normalized spacial score (nSPS) is 14.2. The van der Waals surface area contributed by atoms with Crippen molar-refractivity contribution in [1.82, 2.24) is 9.88 Å². The summed E-state index contributed by atoms with van der Waals surface area (Å²) in [5, 5.41) is 0. The van der Waals surface area contributed by atoms with E-state index >= 15 is 0 Å². The van der Waals surface area contributed by atoms with Crippen LogP contribution in [0.15, 0.2) is 30.3 Å². The van der Waals surface area contributed by atoms with E-state index in [4.69, 9.17) is 0 Å². The summed E-state index contributed by atoms with van der Waals surface area (Å²) >= 11 is 0. The molecule has 2 aromatic rings. The third kappa shape index (κ3) is 3.68. The Morgan fingerprint density at radius 1 is 1.16 bits per heavy atom. The molecule has 132 valence electrons. The summed E-state index contributed by atoms with van der Waals surface area (Å²) in [7, 11) is 0. The number of nitrogens with zero attached hydrogens (tertiary/aromatic N) is 1. The lowest BCUT2D eigenvalue weighted by atomic mass is 9.85. The Labute approximate surface area is 149 Å². The fourth-order valence-electron chi connectivity index (χ4n) is 3.66. The molecule has 1 N–H and O–H groups in total. The third-order valence-electron chi connectivity index (χ3n) is 5.21. The Kier molecular flexibility index (Phi) is 5.07. The maximum absolute atomic E-state index is 13.2. The molecule has 1 aliphatic carbocycles. The molecular formula is C21H26N2O2. The molecule has 1 aromatic heterocycles. The van der Waals surface area contributed by atoms with Gasteiger partial charge in [0.2, 0.25) is 0 Å². The van der Waals surface area contributed by atoms with Gasteiger partial charge in [0.25, 0.3) is 5.91 Å². The quantitative estimate of drug-likeness (QED) is 0.799. The van der Waals surface area contributed by atoms with Crippen LogP contribution < -0.4 is 0 Å². The fraction of sp³-hybridized carbons (Fsp3) is 0.429. The number of carbonyl (C=O) groups is 2. The number of aromatic amines is 1. The molecule has 1 heterocycles. The number of amides is 1. The van der Waals surface area contributed by atoms with E-state index in [0.717, 1.165) is 23.4 Å². The highest BCUT2D eigenvalue weighted by Gasteiger charge is 2.28. The van der Waals surface area contributed by atoms with Crippen LogP contribution in [-0.4, -0.2) is 28.1 Å². The van der Waals surface area contributed by atoms with Crippen LogP contribution in [0.2, 0.25) is 0 Å². The van der Waals surface area contributed by atoms with E-state index in [1.165, 1.54) is 19.3 Å². The molecule has 25 heavy (non-hydrogen) atoms. The van der Waals surface area contributed by atoms with Gasteiger partial charge in [-0.1, -0.05) is 36.8 Å². The summed E-state index contributed by atoms with van der Waals surface area (Å²) in [5.74, 6) is 0.582. The van der Waals surface area contributed by atoms with Gasteiger partial charge in [0, 0.05) is 24.3 Å². The number of hydrogen-bond acceptors (Lipinski definition) is 2. The second kappa shape index (κ2) is 7.26. The van der Waals surface area contributed by atoms with E-state index in [-0.39, 0.29) is 11.7 Å². The van der Waals surface area contributed by atoms with Gasteiger partial charge in [-0.2, -0.15) is 0 Å². The number of benzene rings is 1. The Bertz CT molecular complexity index is 773. The fourth-order valence-corrected chi connectivity index (χ4v) is 3.66. The first-order valence-electron chi connectivity index (χ1n) is 9.00. The van der Waals surface area contributed by atoms with Gasteiger partial charge in [0.15, 0.2) is 5.78 Å². The van der Waals surface area contributed by atoms with E-state index in [9.17, 15) is 9.59 Å². The van der Waals surface area contributed by atoms with Crippen molar-refractivity contribution in [2.45, 2.75) is 46.6 Å². The lowest BCUT2D eigenvalue weighted by molar-refractivity contribution is 0.0673. The Morgan fingerprint density at radius 3 is 2.36 bits per heavy atom. The van der Waals surface area contributed by atoms with Crippen molar-refractivity contribution in [3.8, 4) is 0 Å². The van der Waals surface area contributed by atoms with Gasteiger partial charge in [-0.05, 0) is 50.7 Å². The SMILES string of the molecule is CC(=O)c1c(C)[nH]c(C(=O)N(Cc2ccccc2)CC2CCC2)c1C. The van der Waals surface area contributed by atoms with E-state index in [1.807, 2.05) is 36.9 Å². The molecule has 4 nitrogen and oxygen atoms in total. The van der Waals surface area contributed by atoms with E-state index in [2.05, 4.69) is 17.1 Å². The molecule has 0 atom stereocenters. The molecule has 0 unspecified atom stereocenters. The van der Waals surface area contributed by atoms with Crippen molar-refractivity contribution in [3.63, 3.8) is 0 Å². The summed E-state index contributed by atoms with van der Waals surface area (Å²) in [6, 6.07) is 10.1. The standard InChI is InChI=1S/C21H26N2O2/c1-14-19(16(3)24)15(2)22-20(14)21(25)23(13-18-10-7-11-18)12-17-8-5-4-6-9-17/h4-6,8-9,18,22H,7,10-13H2,1-3H3. The lowest BCUT2D eigenvalue weighted by Crippen LogP contribution is -2.37. The molecule has 0 aliphatic heterocycles. The first kappa shape index (κ1) is 17.5. The van der Waals surface area contributed by atoms with Gasteiger partial charge in [0.1, 0.15) is 5.69 Å². The molecule has 1 aliphatic rings. The summed E-state index contributed by atoms with van der Waals surface area (Å²) in [4.78, 5) is 30.2. The molecule has 0 saturated heterocycles. The third-order valence-corrected chi connectivity index (χ3v) is 5.21. The largest absolute Gasteiger partial charge is 0.354 e. The Balaban J connectivity index is 1.88. The highest BCUT2D eigenvalue weighted by atomic mass is 16.2. The molecule has 0 bridgehead atoms. The lowest BCUT2D eigenvalue weighted by Gasteiger charge is -2.32. The first-order chi connectivity index (χ1) is 12.0. The van der Waals surface area contributed by atoms with Crippen molar-refractivity contribution in [2.75, 3.05) is 6.54 Å². The van der Waals surface area contributed by atoms with Crippen LogP contribution in [0.5, 0.6) is 0 Å². The van der Waals surface area contributed by atoms with Crippen LogP contribution in [0, 0.1) is 19.8 Å². The minimum Gasteiger partial charge on any atom is -0.354 e. The molecule has 3 rings (SSSR count). The molecule has 1 fully saturated rings. The minimum absolute atomic E-state index is 0.00102. The van der Waals surface area contributed by atoms with Crippen molar-refractivity contribution in [3.05, 3.63) is 58.4 Å². The van der Waals surface area contributed by atoms with Gasteiger partial charge in [-0.3, -0.25) is 9.59 Å². The highest BCUT2D eigenvalue weighted by Crippen LogP contribution is 2.29. The van der Waals surface area contributed by atoms with Crippen LogP contribution in [0.25, 0.3) is 0 Å². The average molecular weight is 338 g/mol. The first-order valence-corrected chi connectivity index (χ1v) is 9.00. The van der Waals surface area contributed by atoms with Crippen molar-refractivity contribution < 1.29 is 9.59 Å². The maximum atomic E-state index is 13.2. The molecule has 1 amide bonds. The number of nitrogens with one attached hydrogen (secondary N) is 1. The summed E-state index contributed by atoms with van der Waals surface area (Å²) in [6.45, 7) is 6.64. The number of aryl methyl sites for hydroxylation is 1. The smallest absolute Gasteiger partial charge is 0.270 e. The van der Waals surface area contributed by atoms with E-state index in [0.29, 0.717) is 23.7 Å². The van der Waals surface area contributed by atoms with E-state index in [1.54, 1.807) is 6.92 Å². The highest BCUT2D eigenvalue weighted by molar-refractivity contribution is 6.02. The predicted molar refractivity (Wildman–Crippen MR) is 98.8 cm³/mol. The van der Waals surface area contributed by atoms with Gasteiger partial charge in [0.05, 0.1) is 0 Å². The minimum atomic E-state index is -0.0103. The van der Waals surface area contributed by atoms with Gasteiger partial charge in [-0.15, -0.1) is 0 Å². The van der Waals surface area contributed by atoms with Crippen molar-refractivity contribution >= 4 is 11.7 Å². The number of H-pyrrole nitrogens is 1. The van der Waals surface area contributed by atoms with Crippen LogP contribution in [0.1, 0.15) is 63.9 Å². The summed E-state index contributed by atoms with van der Waals surface area (Å²) in [6.07, 6.45) is 3.65. The predicted octanol–water partition coefficient (Wildman–Crippen LogP) is 4.28. The van der Waals surface area contributed by atoms with Crippen LogP contribution >= 0.6 is 0 Å². The Morgan fingerprint density at radius 2 is 1.84 bits per heavy atom. The topological polar surface area (TPSA) is 53.2 Å².